The van der Waals surface area contributed by atoms with Crippen LogP contribution in [0.1, 0.15) is 144 Å². The Hall–Kier alpha value is -11.3. The van der Waals surface area contributed by atoms with Crippen LogP contribution in [-0.4, -0.2) is 314 Å². The first-order valence-electron chi connectivity index (χ1n) is 44.0. The Bertz CT molecular complexity index is 4100. The number of urea groups is 1. The van der Waals surface area contributed by atoms with Gasteiger partial charge in [-0.05, 0) is 72.6 Å². The second kappa shape index (κ2) is 54.9. The van der Waals surface area contributed by atoms with E-state index in [1.807, 2.05) is 44.2 Å². The van der Waals surface area contributed by atoms with Crippen LogP contribution in [0.4, 0.5) is 15.3 Å². The number of rotatable bonds is 57. The Morgan fingerprint density at radius 3 is 1.71 bits per heavy atom. The fourth-order valence-corrected chi connectivity index (χ4v) is 15.3. The highest BCUT2D eigenvalue weighted by molar-refractivity contribution is 6.13. The number of benzene rings is 2. The number of nitrogens with two attached hydrogens (primary N) is 1. The molecule has 16 amide bonds. The highest BCUT2D eigenvalue weighted by atomic mass is 16.6. The third kappa shape index (κ3) is 34.6. The van der Waals surface area contributed by atoms with Crippen molar-refractivity contribution in [2.45, 2.75) is 219 Å². The molecule has 0 unspecified atom stereocenters. The number of carbonyl (C=O) groups is 17. The number of carbonyl (C=O) groups excluding carboxylic acids is 17. The number of nitrogens with zero attached hydrogens (tertiary/aromatic N) is 4. The van der Waals surface area contributed by atoms with Crippen molar-refractivity contribution in [3.8, 4) is 0 Å². The van der Waals surface area contributed by atoms with E-state index in [1.165, 1.54) is 38.3 Å². The fraction of sp³-hybridized carbons (Fsp3) is 0.648. The molecule has 4 aliphatic rings. The number of hydrogen-bond acceptors (Lipinski definition) is 26. The number of methoxy groups -OCH3 is 2. The summed E-state index contributed by atoms with van der Waals surface area (Å²) in [4.78, 5) is 233. The first-order chi connectivity index (χ1) is 61.5. The molecule has 6 rings (SSSR count). The maximum atomic E-state index is 15.0. The van der Waals surface area contributed by atoms with E-state index in [1.54, 1.807) is 72.5 Å². The highest BCUT2D eigenvalue weighted by Gasteiger charge is 2.45. The summed E-state index contributed by atoms with van der Waals surface area (Å²) in [6.07, 6.45) is 0.853. The van der Waals surface area contributed by atoms with Crippen molar-refractivity contribution < 1.29 is 124 Å². The van der Waals surface area contributed by atoms with Gasteiger partial charge in [0.2, 0.25) is 65.0 Å². The molecule has 0 saturated carbocycles. The van der Waals surface area contributed by atoms with Crippen LogP contribution in [-0.2, 0) is 128 Å². The molecule has 12 N–H and O–H groups in total. The summed E-state index contributed by atoms with van der Waals surface area (Å²) >= 11 is 0. The molecule has 41 nitrogen and oxygen atoms in total. The number of likely N-dealkylation sites (N-methyl/N-ethyl adjacent to an activating group) is 2. The van der Waals surface area contributed by atoms with Crippen LogP contribution in [0.3, 0.4) is 0 Å². The van der Waals surface area contributed by atoms with Gasteiger partial charge >= 0.3 is 24.1 Å². The molecular weight excluding hydrogens is 1680 g/mol. The molecule has 2 aromatic rings. The van der Waals surface area contributed by atoms with E-state index in [4.69, 9.17) is 48.4 Å². The number of amides is 16. The molecule has 14 atom stereocenters. The average Bonchev–Trinajstić information content (AvgIpc) is 1.81. The Labute approximate surface area is 752 Å². The molecule has 0 bridgehead atoms. The van der Waals surface area contributed by atoms with Crippen molar-refractivity contribution in [3.05, 3.63) is 77.9 Å². The van der Waals surface area contributed by atoms with Gasteiger partial charge in [0.25, 0.3) is 11.8 Å². The number of primary amides is 1. The number of cyclic esters (lactones) is 2. The van der Waals surface area contributed by atoms with Gasteiger partial charge in [0, 0.05) is 104 Å². The van der Waals surface area contributed by atoms with Crippen LogP contribution in [0.5, 0.6) is 0 Å². The molecular formula is C88H133N15O26. The summed E-state index contributed by atoms with van der Waals surface area (Å²) in [6.45, 7) is 17.4. The van der Waals surface area contributed by atoms with Crippen LogP contribution in [0.2, 0.25) is 0 Å². The zero-order valence-electron chi connectivity index (χ0n) is 76.2. The fourth-order valence-electron chi connectivity index (χ4n) is 15.3. The van der Waals surface area contributed by atoms with E-state index in [0.29, 0.717) is 37.8 Å². The van der Waals surface area contributed by atoms with E-state index in [0.717, 1.165) is 27.5 Å². The number of ether oxygens (including phenoxy) is 9. The monoisotopic (exact) mass is 1820 g/mol. The molecule has 0 aliphatic carbocycles. The summed E-state index contributed by atoms with van der Waals surface area (Å²) in [6, 6.07) is 3.61. The normalized spacial score (nSPS) is 18.0. The SMILES string of the molecule is CC[C@H](C)[C@@H]([C@@H](CC(=O)N1CCC[C@H]1[C@H](OC)[C@@H](C)C(=O)N[C@@H](Cc1ccccc1)C(=O)N[C@H]1CCOC1=O)OC)N(C)C(=O)[C@@H](NC(=O)[C@H](C(C)C)N(C)C(=O)OCc1ccc(NC(=O)[C@H](CCCNC(N)=O)NC(=O)[C@@H](NC(=O)[C@H](CC(=O)N[C@H]2CCOC2=O)NC(=O)CCOCCOCCOCCOCCNC(=O)CCN2C(=O)C=CC2=O)C(C)C)cc1)C(C)C. The lowest BCUT2D eigenvalue weighted by atomic mass is 9.89. The van der Waals surface area contributed by atoms with Gasteiger partial charge < -0.3 is 111 Å². The number of likely N-dealkylation sites (tertiary alicyclic amines) is 1. The van der Waals surface area contributed by atoms with Gasteiger partial charge in [0.05, 0.1) is 109 Å². The molecule has 0 spiro atoms. The minimum absolute atomic E-state index is 0.00282. The lowest BCUT2D eigenvalue weighted by Crippen LogP contribution is -2.60. The van der Waals surface area contributed by atoms with Crippen molar-refractivity contribution in [1.29, 1.82) is 0 Å². The molecule has 4 heterocycles. The number of anilines is 1. The molecule has 0 radical (unpaired) electrons. The van der Waals surface area contributed by atoms with Crippen LogP contribution >= 0.6 is 0 Å². The van der Waals surface area contributed by atoms with Crippen LogP contribution < -0.4 is 58.9 Å². The van der Waals surface area contributed by atoms with Crippen LogP contribution in [0, 0.1) is 29.6 Å². The minimum atomic E-state index is -1.60. The number of hydrogen-bond donors (Lipinski definition) is 11. The van der Waals surface area contributed by atoms with Gasteiger partial charge in [-0.3, -0.25) is 72.1 Å². The van der Waals surface area contributed by atoms with Gasteiger partial charge in [-0.15, -0.1) is 0 Å². The topological polar surface area (TPSA) is 533 Å². The van der Waals surface area contributed by atoms with Crippen molar-refractivity contribution in [2.75, 3.05) is 126 Å². The first kappa shape index (κ1) is 107. The quantitative estimate of drug-likeness (QED) is 0.0188. The maximum absolute atomic E-state index is 15.0. The standard InChI is InChI=1S/C88H133N15O26/c1-14-55(8)76(66(121-12)50-72(109)102-36-19-23-65(102)77(122-13)56(9)78(110)97-63(48-57-20-16-15-17-21-57)80(112)96-62-32-40-128-86(62)118)100(10)84(116)74(53(4)5)99-83(115)75(54(6)7)101(11)88(120)129-51-58-24-26-59(27-25-58)92-79(111)60(22-18-34-91-87(89)119)95-82(114)73(52(2)3)98-81(113)64(49-69(106)93-61-31-39-127-85(61)117)94-68(105)33-38-123-42-44-125-46-47-126-45-43-124-41-35-90-67(104)30-37-103-70(107)28-29-71(103)108/h15-17,20-21,24-29,52-56,60-66,73-77H,14,18-19,22-23,30-51H2,1-13H3,(H,90,104)(H,92,111)(H,93,106)(H,94,105)(H,95,114)(H,96,112)(H,97,110)(H,98,113)(H,99,115)(H3,89,91,119)/t55-,56+,60-,61-,62-,63-,64-,65-,66+,73-,74-,75-,76-,77+/m0/s1. The zero-order chi connectivity index (χ0) is 95.0. The molecule has 3 saturated heterocycles. The molecule has 3 fully saturated rings. The van der Waals surface area contributed by atoms with Crippen molar-refractivity contribution in [3.63, 3.8) is 0 Å². The summed E-state index contributed by atoms with van der Waals surface area (Å²) in [5, 5.41) is 26.7. The average molecular weight is 1820 g/mol. The molecule has 41 heteroatoms. The van der Waals surface area contributed by atoms with E-state index in [-0.39, 0.29) is 161 Å². The largest absolute Gasteiger partial charge is 0.464 e. The Balaban J connectivity index is 1.00. The van der Waals surface area contributed by atoms with Crippen LogP contribution in [0.15, 0.2) is 66.7 Å². The highest BCUT2D eigenvalue weighted by Crippen LogP contribution is 2.31. The summed E-state index contributed by atoms with van der Waals surface area (Å²) < 4.78 is 49.9. The number of nitrogens with one attached hydrogen (secondary N) is 10. The van der Waals surface area contributed by atoms with Gasteiger partial charge in [0.15, 0.2) is 0 Å². The van der Waals surface area contributed by atoms with E-state index in [2.05, 4.69) is 53.2 Å². The minimum Gasteiger partial charge on any atom is -0.464 e. The van der Waals surface area contributed by atoms with Gasteiger partial charge in [-0.2, -0.15) is 0 Å². The van der Waals surface area contributed by atoms with Gasteiger partial charge in [-0.1, -0.05) is 111 Å². The second-order valence-corrected chi connectivity index (χ2v) is 33.2. The molecule has 2 aromatic carbocycles. The molecule has 129 heavy (non-hydrogen) atoms. The third-order valence-corrected chi connectivity index (χ3v) is 22.6. The lowest BCUT2D eigenvalue weighted by Gasteiger charge is -2.41. The molecule has 716 valence electrons. The van der Waals surface area contributed by atoms with Crippen molar-refractivity contribution in [1.82, 2.24) is 67.5 Å². The van der Waals surface area contributed by atoms with E-state index < -0.39 is 192 Å². The summed E-state index contributed by atoms with van der Waals surface area (Å²) in [7, 11) is 5.91. The second-order valence-electron chi connectivity index (χ2n) is 33.2. The predicted molar refractivity (Wildman–Crippen MR) is 465 cm³/mol. The first-order valence-corrected chi connectivity index (χ1v) is 44.0. The van der Waals surface area contributed by atoms with E-state index in [9.17, 15) is 76.7 Å². The van der Waals surface area contributed by atoms with Crippen molar-refractivity contribution in [2.24, 2.45) is 35.3 Å². The predicted octanol–water partition coefficient (Wildman–Crippen LogP) is 0.707. The smallest absolute Gasteiger partial charge is 0.410 e. The Morgan fingerprint density at radius 1 is 0.550 bits per heavy atom. The lowest BCUT2D eigenvalue weighted by molar-refractivity contribution is -0.148. The van der Waals surface area contributed by atoms with Gasteiger partial charge in [0.1, 0.15) is 54.9 Å². The Kier molecular flexibility index (Phi) is 45.3. The Morgan fingerprint density at radius 2 is 1.14 bits per heavy atom. The molecule has 0 aromatic heterocycles. The zero-order valence-corrected chi connectivity index (χ0v) is 76.2. The van der Waals surface area contributed by atoms with Crippen LogP contribution in [0.25, 0.3) is 0 Å². The molecule has 4 aliphatic heterocycles. The third-order valence-electron chi connectivity index (χ3n) is 22.6. The summed E-state index contributed by atoms with van der Waals surface area (Å²) in [5.74, 6) is -11.8. The number of esters is 2. The number of imide groups is 1. The maximum Gasteiger partial charge on any atom is 0.410 e. The van der Waals surface area contributed by atoms with Gasteiger partial charge in [-0.25, -0.2) is 19.2 Å². The van der Waals surface area contributed by atoms with Crippen molar-refractivity contribution >= 4 is 107 Å². The summed E-state index contributed by atoms with van der Waals surface area (Å²) in [5.41, 5.74) is 6.76. The van der Waals surface area contributed by atoms with E-state index >= 15 is 4.79 Å².